The lowest BCUT2D eigenvalue weighted by Crippen LogP contribution is -2.20. The van der Waals surface area contributed by atoms with E-state index in [-0.39, 0.29) is 22.1 Å². The van der Waals surface area contributed by atoms with Crippen LogP contribution in [0.5, 0.6) is 5.75 Å². The van der Waals surface area contributed by atoms with Gasteiger partial charge in [-0.2, -0.15) is 0 Å². The summed E-state index contributed by atoms with van der Waals surface area (Å²) in [4.78, 5) is 4.35. The smallest absolute Gasteiger partial charge is 0.136 e. The van der Waals surface area contributed by atoms with E-state index in [1.165, 1.54) is 6.26 Å². The number of aliphatic hydroxyl groups excluding tert-OH is 1. The van der Waals surface area contributed by atoms with Gasteiger partial charge in [0.1, 0.15) is 26.3 Å². The third kappa shape index (κ3) is 5.30. The molecule has 0 atom stereocenters. The number of aromatic hydroxyl groups is 1. The summed E-state index contributed by atoms with van der Waals surface area (Å²) in [5.74, 6) is 1.20. The van der Waals surface area contributed by atoms with Gasteiger partial charge in [0.2, 0.25) is 0 Å². The Balaban J connectivity index is 0.000000400. The second-order valence-corrected chi connectivity index (χ2v) is 8.18. The summed E-state index contributed by atoms with van der Waals surface area (Å²) < 4.78 is 18.7. The summed E-state index contributed by atoms with van der Waals surface area (Å²) in [6.07, 6.45) is 3.27. The highest BCUT2D eigenvalue weighted by atomic mass is 31.1. The number of hydrogen-bond acceptors (Lipinski definition) is 4. The minimum Gasteiger partial charge on any atom is -0.507 e. The molecular weight excluding hydrogens is 330 g/mol. The van der Waals surface area contributed by atoms with Gasteiger partial charge in [-0.3, -0.25) is 0 Å². The molecule has 0 spiro atoms. The Labute approximate surface area is 144 Å². The molecule has 0 saturated carbocycles. The van der Waals surface area contributed by atoms with E-state index in [0.717, 1.165) is 8.43 Å². The van der Waals surface area contributed by atoms with Crippen molar-refractivity contribution in [2.75, 3.05) is 0 Å². The molecule has 24 heavy (non-hydrogen) atoms. The molecule has 1 aliphatic rings. The fraction of sp³-hybridized carbons (Fsp3) is 0.500. The summed E-state index contributed by atoms with van der Waals surface area (Å²) in [5.41, 5.74) is 0.503. The summed E-state index contributed by atoms with van der Waals surface area (Å²) in [7, 11) is 0.764. The van der Waals surface area contributed by atoms with Crippen LogP contribution >= 0.6 is 8.43 Å². The lowest BCUT2D eigenvalue weighted by atomic mass is 9.78. The first-order valence-corrected chi connectivity index (χ1v) is 8.55. The molecular formula is C18H26FO4P. The highest BCUT2D eigenvalue weighted by Crippen LogP contribution is 2.39. The van der Waals surface area contributed by atoms with E-state index >= 15 is 0 Å². The maximum atomic E-state index is 14.3. The zero-order chi connectivity index (χ0) is 18.5. The van der Waals surface area contributed by atoms with Crippen LogP contribution in [-0.2, 0) is 27.0 Å². The van der Waals surface area contributed by atoms with E-state index < -0.39 is 12.4 Å². The number of benzene rings is 1. The predicted molar refractivity (Wildman–Crippen MR) is 95.7 cm³/mol. The lowest BCUT2D eigenvalue weighted by molar-refractivity contribution is -0.133. The molecule has 1 heterocycles. The zero-order valence-electron chi connectivity index (χ0n) is 15.1. The molecule has 0 fully saturated rings. The van der Waals surface area contributed by atoms with Gasteiger partial charge >= 0.3 is 0 Å². The molecule has 2 N–H and O–H groups in total. The number of allylic oxidation sites excluding steroid dienone is 1. The van der Waals surface area contributed by atoms with Gasteiger partial charge in [-0.25, -0.2) is 4.39 Å². The molecule has 1 aromatic rings. The molecule has 1 aliphatic heterocycles. The van der Waals surface area contributed by atoms with Crippen LogP contribution in [0, 0.1) is 5.82 Å². The quantitative estimate of drug-likeness (QED) is 0.563. The summed E-state index contributed by atoms with van der Waals surface area (Å²) >= 11 is 0. The van der Waals surface area contributed by atoms with Crippen molar-refractivity contribution in [2.45, 2.75) is 59.0 Å². The molecule has 1 aromatic carbocycles. The Bertz CT molecular complexity index is 575. The third-order valence-corrected chi connectivity index (χ3v) is 3.94. The number of halogens is 1. The second-order valence-electron chi connectivity index (χ2n) is 7.52. The molecule has 2 rings (SSSR count). The predicted octanol–water partition coefficient (Wildman–Crippen LogP) is 4.74. The lowest BCUT2D eigenvalue weighted by Gasteiger charge is -2.28. The maximum Gasteiger partial charge on any atom is 0.136 e. The molecule has 4 nitrogen and oxygen atoms in total. The number of aliphatic hydroxyl groups is 1. The van der Waals surface area contributed by atoms with Crippen molar-refractivity contribution < 1.29 is 24.2 Å². The standard InChI is InChI=1S/C15H23FO2.C3H3O2P/c1-14(2,3)10-7-11(15(4,5)6)13(18)9(8-17)12(10)16;1-2-4-5-6-3-1/h7,17-18H,8H2,1-6H3;1-3H. The molecule has 0 unspecified atom stereocenters. The van der Waals surface area contributed by atoms with Gasteiger partial charge < -0.3 is 15.1 Å². The van der Waals surface area contributed by atoms with Gasteiger partial charge in [0.25, 0.3) is 0 Å². The van der Waals surface area contributed by atoms with Crippen LogP contribution in [0.3, 0.4) is 0 Å². The van der Waals surface area contributed by atoms with Crippen LogP contribution < -0.4 is 0 Å². The van der Waals surface area contributed by atoms with E-state index in [1.54, 1.807) is 12.1 Å². The summed E-state index contributed by atoms with van der Waals surface area (Å²) in [6, 6.07) is 1.71. The van der Waals surface area contributed by atoms with Crippen LogP contribution in [0.1, 0.15) is 58.2 Å². The highest BCUT2D eigenvalue weighted by Gasteiger charge is 2.28. The van der Waals surface area contributed by atoms with Crippen molar-refractivity contribution in [2.24, 2.45) is 0 Å². The summed E-state index contributed by atoms with van der Waals surface area (Å²) in [6.45, 7) is 11.1. The van der Waals surface area contributed by atoms with Crippen molar-refractivity contribution >= 4 is 14.2 Å². The Kier molecular flexibility index (Phi) is 6.97. The van der Waals surface area contributed by atoms with E-state index in [2.05, 4.69) is 9.56 Å². The van der Waals surface area contributed by atoms with Crippen LogP contribution in [0.2, 0.25) is 0 Å². The second kappa shape index (κ2) is 8.11. The average molecular weight is 356 g/mol. The minimum atomic E-state index is -0.504. The SMILES string of the molecule is C1=COOP=C1.CC(C)(C)c1cc(C(C)(C)C)c(F)c(CO)c1O. The van der Waals surface area contributed by atoms with Crippen LogP contribution in [-0.4, -0.2) is 16.0 Å². The first-order chi connectivity index (χ1) is 11.0. The van der Waals surface area contributed by atoms with E-state index in [1.807, 2.05) is 47.3 Å². The van der Waals surface area contributed by atoms with Crippen molar-refractivity contribution in [3.05, 3.63) is 40.9 Å². The molecule has 0 aromatic heterocycles. The Morgan fingerprint density at radius 2 is 1.67 bits per heavy atom. The van der Waals surface area contributed by atoms with Crippen LogP contribution in [0.25, 0.3) is 0 Å². The fourth-order valence-electron chi connectivity index (χ4n) is 2.14. The Hall–Kier alpha value is -1.42. The zero-order valence-corrected chi connectivity index (χ0v) is 15.9. The van der Waals surface area contributed by atoms with Crippen molar-refractivity contribution in [3.8, 4) is 5.75 Å². The monoisotopic (exact) mass is 356 g/mol. The molecule has 0 saturated heterocycles. The van der Waals surface area contributed by atoms with Crippen LogP contribution in [0.15, 0.2) is 18.4 Å². The Morgan fingerprint density at radius 1 is 1.08 bits per heavy atom. The third-order valence-electron chi connectivity index (χ3n) is 3.47. The normalized spacial score (nSPS) is 14.7. The fourth-order valence-corrected chi connectivity index (χ4v) is 2.43. The molecule has 0 bridgehead atoms. The molecule has 0 amide bonds. The van der Waals surface area contributed by atoms with Gasteiger partial charge in [0, 0.05) is 5.56 Å². The van der Waals surface area contributed by atoms with E-state index in [9.17, 15) is 14.6 Å². The number of rotatable bonds is 1. The molecule has 0 radical (unpaired) electrons. The number of phenols is 1. The van der Waals surface area contributed by atoms with Gasteiger partial charge in [0.05, 0.1) is 12.2 Å². The van der Waals surface area contributed by atoms with E-state index in [4.69, 9.17) is 0 Å². The highest BCUT2D eigenvalue weighted by molar-refractivity contribution is 7.33. The minimum absolute atomic E-state index is 0.00708. The molecule has 0 aliphatic carbocycles. The van der Waals surface area contributed by atoms with Crippen molar-refractivity contribution in [1.82, 2.24) is 0 Å². The largest absolute Gasteiger partial charge is 0.507 e. The molecule has 6 heteroatoms. The first-order valence-electron chi connectivity index (χ1n) is 7.67. The summed E-state index contributed by atoms with van der Waals surface area (Å²) in [5, 5.41) is 19.4. The van der Waals surface area contributed by atoms with Gasteiger partial charge in [-0.05, 0) is 34.3 Å². The maximum absolute atomic E-state index is 14.3. The average Bonchev–Trinajstić information content (AvgIpc) is 2.47. The first kappa shape index (κ1) is 20.6. The van der Waals surface area contributed by atoms with Gasteiger partial charge in [-0.15, -0.1) is 4.67 Å². The Morgan fingerprint density at radius 3 is 1.96 bits per heavy atom. The van der Waals surface area contributed by atoms with Crippen molar-refractivity contribution in [1.29, 1.82) is 0 Å². The van der Waals surface area contributed by atoms with Crippen LogP contribution in [0.4, 0.5) is 4.39 Å². The van der Waals surface area contributed by atoms with Gasteiger partial charge in [0.15, 0.2) is 0 Å². The molecule has 134 valence electrons. The van der Waals surface area contributed by atoms with Gasteiger partial charge in [-0.1, -0.05) is 41.5 Å². The van der Waals surface area contributed by atoms with E-state index in [0.29, 0.717) is 11.1 Å². The van der Waals surface area contributed by atoms with Crippen molar-refractivity contribution in [3.63, 3.8) is 0 Å². The topological polar surface area (TPSA) is 58.9 Å². The number of hydrogen-bond donors (Lipinski definition) is 2.